The highest BCUT2D eigenvalue weighted by atomic mass is 32.2. The molecule has 1 heterocycles. The fraction of sp³-hybridized carbons (Fsp3) is 1.00. The molecular weight excluding hydrogens is 188 g/mol. The molecular formula is C8H18N2O2S. The summed E-state index contributed by atoms with van der Waals surface area (Å²) in [6.07, 6.45) is 3.46. The third kappa shape index (κ3) is 4.06. The number of rotatable bonds is 3. The molecule has 0 radical (unpaired) electrons. The molecule has 0 aliphatic carbocycles. The molecule has 2 unspecified atom stereocenters. The molecule has 0 spiro atoms. The summed E-state index contributed by atoms with van der Waals surface area (Å²) >= 11 is 0. The van der Waals surface area contributed by atoms with Crippen molar-refractivity contribution in [3.05, 3.63) is 0 Å². The van der Waals surface area contributed by atoms with Gasteiger partial charge in [-0.3, -0.25) is 0 Å². The molecule has 1 fully saturated rings. The van der Waals surface area contributed by atoms with Crippen LogP contribution in [0.15, 0.2) is 0 Å². The Kier molecular flexibility index (Phi) is 3.70. The lowest BCUT2D eigenvalue weighted by atomic mass is 9.94. The summed E-state index contributed by atoms with van der Waals surface area (Å²) in [6, 6.07) is 0.0443. The second-order valence-corrected chi connectivity index (χ2v) is 5.57. The van der Waals surface area contributed by atoms with E-state index in [1.807, 2.05) is 6.92 Å². The molecule has 1 saturated heterocycles. The van der Waals surface area contributed by atoms with Crippen molar-refractivity contribution >= 4 is 10.0 Å². The minimum atomic E-state index is -3.05. The van der Waals surface area contributed by atoms with Crippen LogP contribution in [0.1, 0.15) is 19.8 Å². The summed E-state index contributed by atoms with van der Waals surface area (Å²) in [5.74, 6) is 0.434. The van der Waals surface area contributed by atoms with Gasteiger partial charge in [-0.15, -0.1) is 0 Å². The fourth-order valence-corrected chi connectivity index (χ4v) is 2.61. The molecule has 4 nitrogen and oxygen atoms in total. The molecule has 13 heavy (non-hydrogen) atoms. The van der Waals surface area contributed by atoms with Gasteiger partial charge >= 0.3 is 0 Å². The van der Waals surface area contributed by atoms with Gasteiger partial charge in [0.25, 0.3) is 0 Å². The molecule has 0 bridgehead atoms. The van der Waals surface area contributed by atoms with Gasteiger partial charge < -0.3 is 5.32 Å². The van der Waals surface area contributed by atoms with Crippen LogP contribution in [0.3, 0.4) is 0 Å². The van der Waals surface area contributed by atoms with Crippen LogP contribution in [-0.2, 0) is 10.0 Å². The van der Waals surface area contributed by atoms with Gasteiger partial charge in [0.1, 0.15) is 0 Å². The molecule has 78 valence electrons. The van der Waals surface area contributed by atoms with Crippen molar-refractivity contribution in [2.45, 2.75) is 25.8 Å². The minimum absolute atomic E-state index is 0.0443. The predicted octanol–water partition coefficient (Wildman–Crippen LogP) is -0.0763. The van der Waals surface area contributed by atoms with Crippen LogP contribution in [0.5, 0.6) is 0 Å². The Morgan fingerprint density at radius 3 is 2.69 bits per heavy atom. The van der Waals surface area contributed by atoms with Gasteiger partial charge in [-0.1, -0.05) is 0 Å². The Labute approximate surface area is 80.1 Å². The van der Waals surface area contributed by atoms with E-state index in [0.29, 0.717) is 5.92 Å². The Morgan fingerprint density at radius 1 is 1.54 bits per heavy atom. The van der Waals surface area contributed by atoms with E-state index in [1.165, 1.54) is 6.26 Å². The largest absolute Gasteiger partial charge is 0.316 e. The first kappa shape index (κ1) is 10.9. The van der Waals surface area contributed by atoms with Crippen molar-refractivity contribution in [2.75, 3.05) is 19.3 Å². The molecule has 1 aliphatic heterocycles. The summed E-state index contributed by atoms with van der Waals surface area (Å²) in [5, 5.41) is 3.27. The Morgan fingerprint density at radius 2 is 2.23 bits per heavy atom. The number of piperidine rings is 1. The minimum Gasteiger partial charge on any atom is -0.316 e. The Bertz CT molecular complexity index is 245. The first-order valence-electron chi connectivity index (χ1n) is 4.67. The molecule has 1 rings (SSSR count). The molecule has 0 saturated carbocycles. The lowest BCUT2D eigenvalue weighted by molar-refractivity contribution is 0.320. The van der Waals surface area contributed by atoms with Gasteiger partial charge in [0.2, 0.25) is 10.0 Å². The molecule has 5 heteroatoms. The quantitative estimate of drug-likeness (QED) is 0.679. The second-order valence-electron chi connectivity index (χ2n) is 3.79. The van der Waals surface area contributed by atoms with Gasteiger partial charge in [-0.05, 0) is 38.8 Å². The van der Waals surface area contributed by atoms with Crippen LogP contribution in [0.4, 0.5) is 0 Å². The highest BCUT2D eigenvalue weighted by molar-refractivity contribution is 7.88. The van der Waals surface area contributed by atoms with Crippen molar-refractivity contribution < 1.29 is 8.42 Å². The smallest absolute Gasteiger partial charge is 0.208 e. The van der Waals surface area contributed by atoms with Crippen molar-refractivity contribution in [3.63, 3.8) is 0 Å². The van der Waals surface area contributed by atoms with Crippen LogP contribution >= 0.6 is 0 Å². The summed E-state index contributed by atoms with van der Waals surface area (Å²) in [6.45, 7) is 3.91. The van der Waals surface area contributed by atoms with Crippen molar-refractivity contribution in [2.24, 2.45) is 5.92 Å². The Hall–Kier alpha value is -0.130. The average Bonchev–Trinajstić information content (AvgIpc) is 2.03. The SMILES string of the molecule is CC(NS(C)(=O)=O)C1CCCNC1. The molecule has 0 aromatic rings. The zero-order valence-corrected chi connectivity index (χ0v) is 9.02. The number of nitrogens with one attached hydrogen (secondary N) is 2. The maximum atomic E-state index is 11.0. The van der Waals surface area contributed by atoms with E-state index in [2.05, 4.69) is 10.0 Å². The monoisotopic (exact) mass is 206 g/mol. The van der Waals surface area contributed by atoms with Crippen molar-refractivity contribution in [1.29, 1.82) is 0 Å². The van der Waals surface area contributed by atoms with E-state index >= 15 is 0 Å². The van der Waals surface area contributed by atoms with Crippen molar-refractivity contribution in [1.82, 2.24) is 10.0 Å². The topological polar surface area (TPSA) is 58.2 Å². The highest BCUT2D eigenvalue weighted by Crippen LogP contribution is 2.14. The zero-order valence-electron chi connectivity index (χ0n) is 8.21. The van der Waals surface area contributed by atoms with Gasteiger partial charge in [-0.2, -0.15) is 0 Å². The van der Waals surface area contributed by atoms with E-state index in [0.717, 1.165) is 25.9 Å². The Balaban J connectivity index is 2.42. The number of sulfonamides is 1. The van der Waals surface area contributed by atoms with E-state index in [9.17, 15) is 8.42 Å². The molecule has 0 aromatic carbocycles. The summed E-state index contributed by atoms with van der Waals surface area (Å²) in [7, 11) is -3.05. The van der Waals surface area contributed by atoms with Gasteiger partial charge in [-0.25, -0.2) is 13.1 Å². The molecule has 2 atom stereocenters. The van der Waals surface area contributed by atoms with Gasteiger partial charge in [0, 0.05) is 6.04 Å². The molecule has 2 N–H and O–H groups in total. The molecule has 0 amide bonds. The molecule has 1 aliphatic rings. The second kappa shape index (κ2) is 4.39. The summed E-state index contributed by atoms with van der Waals surface area (Å²) in [5.41, 5.74) is 0. The van der Waals surface area contributed by atoms with Crippen LogP contribution < -0.4 is 10.0 Å². The number of hydrogen-bond donors (Lipinski definition) is 2. The van der Waals surface area contributed by atoms with E-state index in [1.54, 1.807) is 0 Å². The first-order chi connectivity index (χ1) is 5.99. The lowest BCUT2D eigenvalue weighted by Gasteiger charge is -2.28. The van der Waals surface area contributed by atoms with E-state index < -0.39 is 10.0 Å². The lowest BCUT2D eigenvalue weighted by Crippen LogP contribution is -2.44. The third-order valence-corrected chi connectivity index (χ3v) is 3.24. The summed E-state index contributed by atoms with van der Waals surface area (Å²) in [4.78, 5) is 0. The van der Waals surface area contributed by atoms with Gasteiger partial charge in [0.15, 0.2) is 0 Å². The maximum Gasteiger partial charge on any atom is 0.208 e. The third-order valence-electron chi connectivity index (χ3n) is 2.44. The molecule has 0 aromatic heterocycles. The van der Waals surface area contributed by atoms with Crippen LogP contribution in [-0.4, -0.2) is 33.8 Å². The predicted molar refractivity (Wildman–Crippen MR) is 53.0 cm³/mol. The van der Waals surface area contributed by atoms with Gasteiger partial charge in [0.05, 0.1) is 6.26 Å². The average molecular weight is 206 g/mol. The van der Waals surface area contributed by atoms with Crippen LogP contribution in [0.2, 0.25) is 0 Å². The first-order valence-corrected chi connectivity index (χ1v) is 6.56. The highest BCUT2D eigenvalue weighted by Gasteiger charge is 2.21. The van der Waals surface area contributed by atoms with E-state index in [4.69, 9.17) is 0 Å². The fourth-order valence-electron chi connectivity index (χ4n) is 1.74. The zero-order chi connectivity index (χ0) is 9.90. The van der Waals surface area contributed by atoms with Crippen molar-refractivity contribution in [3.8, 4) is 0 Å². The van der Waals surface area contributed by atoms with E-state index in [-0.39, 0.29) is 6.04 Å². The summed E-state index contributed by atoms with van der Waals surface area (Å²) < 4.78 is 24.5. The normalized spacial score (nSPS) is 27.1. The van der Waals surface area contributed by atoms with Crippen LogP contribution in [0.25, 0.3) is 0 Å². The van der Waals surface area contributed by atoms with Crippen LogP contribution in [0, 0.1) is 5.92 Å². The maximum absolute atomic E-state index is 11.0. The standard InChI is InChI=1S/C8H18N2O2S/c1-7(10-13(2,11)12)8-4-3-5-9-6-8/h7-10H,3-6H2,1-2H3. The number of hydrogen-bond acceptors (Lipinski definition) is 3.